The largest absolute Gasteiger partial charge is 0.477 e. The van der Waals surface area contributed by atoms with E-state index in [1.807, 2.05) is 0 Å². The lowest BCUT2D eigenvalue weighted by Crippen LogP contribution is -2.42. The van der Waals surface area contributed by atoms with Crippen molar-refractivity contribution in [2.24, 2.45) is 0 Å². The molecule has 5 nitrogen and oxygen atoms in total. The van der Waals surface area contributed by atoms with Crippen molar-refractivity contribution in [3.05, 3.63) is 15.6 Å². The third kappa shape index (κ3) is 2.04. The van der Waals surface area contributed by atoms with Crippen molar-refractivity contribution in [3.8, 4) is 0 Å². The van der Waals surface area contributed by atoms with Crippen molar-refractivity contribution in [1.29, 1.82) is 0 Å². The van der Waals surface area contributed by atoms with Gasteiger partial charge in [-0.2, -0.15) is 0 Å². The van der Waals surface area contributed by atoms with E-state index in [1.54, 1.807) is 6.92 Å². The summed E-state index contributed by atoms with van der Waals surface area (Å²) in [5.41, 5.74) is 0.592. The molecule has 0 bridgehead atoms. The quantitative estimate of drug-likeness (QED) is 0.884. The highest BCUT2D eigenvalue weighted by atomic mass is 32.1. The zero-order valence-corrected chi connectivity index (χ0v) is 11.1. The summed E-state index contributed by atoms with van der Waals surface area (Å²) in [6, 6.07) is 0.557. The average molecular weight is 268 g/mol. The molecule has 0 saturated carbocycles. The second kappa shape index (κ2) is 4.60. The normalized spacial score (nSPS) is 28.3. The van der Waals surface area contributed by atoms with Gasteiger partial charge in [-0.1, -0.05) is 0 Å². The van der Waals surface area contributed by atoms with Crippen LogP contribution in [-0.4, -0.2) is 46.7 Å². The minimum atomic E-state index is -0.897. The van der Waals surface area contributed by atoms with Gasteiger partial charge in [0.2, 0.25) is 0 Å². The van der Waals surface area contributed by atoms with Gasteiger partial charge in [0, 0.05) is 12.6 Å². The maximum absolute atomic E-state index is 11.0. The molecule has 0 radical (unpaired) electrons. The molecule has 98 valence electrons. The number of rotatable bonds is 2. The number of aromatic nitrogens is 1. The molecular formula is C12H16N2O3S. The fourth-order valence-electron chi connectivity index (χ4n) is 2.72. The van der Waals surface area contributed by atoms with Crippen molar-refractivity contribution in [1.82, 2.24) is 9.88 Å². The maximum Gasteiger partial charge on any atom is 0.347 e. The molecule has 2 saturated heterocycles. The van der Waals surface area contributed by atoms with E-state index in [0.29, 0.717) is 16.6 Å². The molecule has 2 fully saturated rings. The number of hydrogen-bond acceptors (Lipinski definition) is 5. The Morgan fingerprint density at radius 3 is 3.17 bits per heavy atom. The van der Waals surface area contributed by atoms with Crippen LogP contribution >= 0.6 is 11.3 Å². The van der Waals surface area contributed by atoms with Crippen LogP contribution in [0.1, 0.15) is 39.3 Å². The first-order valence-electron chi connectivity index (χ1n) is 6.21. The van der Waals surface area contributed by atoms with Crippen LogP contribution < -0.4 is 0 Å². The van der Waals surface area contributed by atoms with Gasteiger partial charge >= 0.3 is 5.97 Å². The molecule has 1 N–H and O–H groups in total. The van der Waals surface area contributed by atoms with E-state index in [1.165, 1.54) is 24.2 Å². The van der Waals surface area contributed by atoms with E-state index in [2.05, 4.69) is 9.88 Å². The molecular weight excluding hydrogens is 252 g/mol. The summed E-state index contributed by atoms with van der Waals surface area (Å²) in [5.74, 6) is -0.897. The molecule has 2 aliphatic rings. The van der Waals surface area contributed by atoms with Gasteiger partial charge in [-0.3, -0.25) is 4.90 Å². The Bertz CT molecular complexity index is 474. The average Bonchev–Trinajstić information content (AvgIpc) is 2.93. The number of hydrogen-bond donors (Lipinski definition) is 1. The molecule has 18 heavy (non-hydrogen) atoms. The Morgan fingerprint density at radius 2 is 2.44 bits per heavy atom. The second-order valence-electron chi connectivity index (χ2n) is 4.88. The SMILES string of the molecule is Cc1nc(C2CN3CCCC3CO2)sc1C(=O)O. The summed E-state index contributed by atoms with van der Waals surface area (Å²) in [4.78, 5) is 18.1. The molecule has 2 unspecified atom stereocenters. The molecule has 0 aromatic carbocycles. The molecule has 0 spiro atoms. The van der Waals surface area contributed by atoms with Gasteiger partial charge in [0.15, 0.2) is 0 Å². The van der Waals surface area contributed by atoms with Crippen LogP contribution in [0.15, 0.2) is 0 Å². The van der Waals surface area contributed by atoms with Crippen LogP contribution in [0.3, 0.4) is 0 Å². The minimum Gasteiger partial charge on any atom is -0.477 e. The van der Waals surface area contributed by atoms with Gasteiger partial charge in [-0.05, 0) is 26.3 Å². The lowest BCUT2D eigenvalue weighted by molar-refractivity contribution is -0.0502. The van der Waals surface area contributed by atoms with Crippen molar-refractivity contribution in [3.63, 3.8) is 0 Å². The fraction of sp³-hybridized carbons (Fsp3) is 0.667. The number of morpholine rings is 1. The predicted octanol–water partition coefficient (Wildman–Crippen LogP) is 1.69. The Hall–Kier alpha value is -0.980. The Balaban J connectivity index is 1.78. The lowest BCUT2D eigenvalue weighted by atomic mass is 10.2. The summed E-state index contributed by atoms with van der Waals surface area (Å²) < 4.78 is 5.84. The number of carbonyl (C=O) groups is 1. The molecule has 1 aromatic rings. The highest BCUT2D eigenvalue weighted by Crippen LogP contribution is 2.33. The van der Waals surface area contributed by atoms with E-state index in [9.17, 15) is 4.79 Å². The number of aromatic carboxylic acids is 1. The molecule has 0 amide bonds. The topological polar surface area (TPSA) is 62.7 Å². The Morgan fingerprint density at radius 1 is 1.61 bits per heavy atom. The highest BCUT2D eigenvalue weighted by Gasteiger charge is 2.34. The monoisotopic (exact) mass is 268 g/mol. The zero-order chi connectivity index (χ0) is 12.7. The number of aryl methyl sites for hydroxylation is 1. The summed E-state index contributed by atoms with van der Waals surface area (Å²) in [5, 5.41) is 9.85. The molecule has 2 atom stereocenters. The molecule has 6 heteroatoms. The van der Waals surface area contributed by atoms with Gasteiger partial charge in [0.25, 0.3) is 0 Å². The third-order valence-electron chi connectivity index (χ3n) is 3.67. The van der Waals surface area contributed by atoms with Gasteiger partial charge in [0.1, 0.15) is 16.0 Å². The second-order valence-corrected chi connectivity index (χ2v) is 5.92. The smallest absolute Gasteiger partial charge is 0.347 e. The number of carboxylic acid groups (broad SMARTS) is 1. The number of thiazole rings is 1. The van der Waals surface area contributed by atoms with E-state index >= 15 is 0 Å². The summed E-state index contributed by atoms with van der Waals surface area (Å²) in [7, 11) is 0. The van der Waals surface area contributed by atoms with Gasteiger partial charge < -0.3 is 9.84 Å². The Labute approximate surface area is 109 Å². The van der Waals surface area contributed by atoms with Crippen molar-refractivity contribution in [2.75, 3.05) is 19.7 Å². The van der Waals surface area contributed by atoms with Gasteiger partial charge in [0.05, 0.1) is 12.3 Å². The molecule has 0 aliphatic carbocycles. The van der Waals surface area contributed by atoms with Crippen LogP contribution in [-0.2, 0) is 4.74 Å². The zero-order valence-electron chi connectivity index (χ0n) is 10.3. The third-order valence-corrected chi connectivity index (χ3v) is 4.91. The predicted molar refractivity (Wildman–Crippen MR) is 67.1 cm³/mol. The highest BCUT2D eigenvalue weighted by molar-refractivity contribution is 7.13. The lowest BCUT2D eigenvalue weighted by Gasteiger charge is -2.34. The first-order chi connectivity index (χ1) is 8.65. The van der Waals surface area contributed by atoms with Crippen LogP contribution in [0, 0.1) is 6.92 Å². The fourth-order valence-corrected chi connectivity index (χ4v) is 3.67. The number of fused-ring (bicyclic) bond motifs is 1. The van der Waals surface area contributed by atoms with E-state index in [-0.39, 0.29) is 6.10 Å². The summed E-state index contributed by atoms with van der Waals surface area (Å²) in [6.07, 6.45) is 2.39. The van der Waals surface area contributed by atoms with Gasteiger partial charge in [-0.25, -0.2) is 9.78 Å². The Kier molecular flexibility index (Phi) is 3.09. The molecule has 1 aromatic heterocycles. The van der Waals surface area contributed by atoms with E-state index in [0.717, 1.165) is 24.7 Å². The van der Waals surface area contributed by atoms with E-state index in [4.69, 9.17) is 9.84 Å². The minimum absolute atomic E-state index is 0.0591. The number of carboxylic acids is 1. The van der Waals surface area contributed by atoms with Crippen LogP contribution in [0.25, 0.3) is 0 Å². The standard InChI is InChI=1S/C12H16N2O3S/c1-7-10(12(15)16)18-11(13-7)9-5-14-4-2-3-8(14)6-17-9/h8-9H,2-6H2,1H3,(H,15,16). The van der Waals surface area contributed by atoms with E-state index < -0.39 is 5.97 Å². The maximum atomic E-state index is 11.0. The van der Waals surface area contributed by atoms with Crippen LogP contribution in [0.2, 0.25) is 0 Å². The summed E-state index contributed by atoms with van der Waals surface area (Å²) in [6.45, 7) is 4.45. The number of ether oxygens (including phenoxy) is 1. The summed E-state index contributed by atoms with van der Waals surface area (Å²) >= 11 is 1.25. The van der Waals surface area contributed by atoms with Crippen LogP contribution in [0.5, 0.6) is 0 Å². The van der Waals surface area contributed by atoms with Crippen molar-refractivity contribution in [2.45, 2.75) is 31.9 Å². The molecule has 2 aliphatic heterocycles. The van der Waals surface area contributed by atoms with Gasteiger partial charge in [-0.15, -0.1) is 11.3 Å². The molecule has 3 heterocycles. The first-order valence-corrected chi connectivity index (χ1v) is 7.03. The van der Waals surface area contributed by atoms with Crippen molar-refractivity contribution >= 4 is 17.3 Å². The molecule has 3 rings (SSSR count). The number of nitrogens with zero attached hydrogens (tertiary/aromatic N) is 2. The van der Waals surface area contributed by atoms with Crippen LogP contribution in [0.4, 0.5) is 0 Å². The van der Waals surface area contributed by atoms with Crippen molar-refractivity contribution < 1.29 is 14.6 Å². The first kappa shape index (κ1) is 12.1.